The summed E-state index contributed by atoms with van der Waals surface area (Å²) in [5.74, 6) is 1.20. The second-order valence-corrected chi connectivity index (χ2v) is 9.30. The molecule has 150 valence electrons. The van der Waals surface area contributed by atoms with Gasteiger partial charge in [-0.05, 0) is 54.7 Å². The van der Waals surface area contributed by atoms with Crippen LogP contribution in [0.1, 0.15) is 37.8 Å². The Morgan fingerprint density at radius 2 is 1.62 bits per heavy atom. The highest BCUT2D eigenvalue weighted by Gasteiger charge is 2.28. The predicted molar refractivity (Wildman–Crippen MR) is 124 cm³/mol. The van der Waals surface area contributed by atoms with E-state index in [-0.39, 0.29) is 0 Å². The zero-order valence-corrected chi connectivity index (χ0v) is 18.2. The molecule has 0 radical (unpaired) electrons. The van der Waals surface area contributed by atoms with E-state index >= 15 is 0 Å². The van der Waals surface area contributed by atoms with E-state index in [2.05, 4.69) is 86.1 Å². The van der Waals surface area contributed by atoms with Crippen molar-refractivity contribution in [1.29, 1.82) is 0 Å². The highest BCUT2D eigenvalue weighted by atomic mass is 15.4. The molecule has 0 unspecified atom stereocenters. The molecule has 2 atom stereocenters. The molecule has 2 heteroatoms. The molecule has 1 saturated heterocycles. The summed E-state index contributed by atoms with van der Waals surface area (Å²) in [6.45, 7) is 12.4. The third-order valence-corrected chi connectivity index (χ3v) is 6.89. The van der Waals surface area contributed by atoms with Crippen molar-refractivity contribution >= 4 is 29.6 Å². The Labute approximate surface area is 174 Å². The second-order valence-electron chi connectivity index (χ2n) is 9.30. The molecule has 0 aromatic heterocycles. The lowest BCUT2D eigenvalue weighted by Gasteiger charge is -2.30. The van der Waals surface area contributed by atoms with Gasteiger partial charge in [-0.2, -0.15) is 0 Å². The topological polar surface area (TPSA) is 6.48 Å². The van der Waals surface area contributed by atoms with Crippen molar-refractivity contribution in [3.63, 3.8) is 0 Å². The second kappa shape index (κ2) is 7.09. The van der Waals surface area contributed by atoms with E-state index in [1.807, 2.05) is 0 Å². The number of hydrogen-bond donors (Lipinski definition) is 0. The summed E-state index contributed by atoms with van der Waals surface area (Å²) < 4.78 is 0. The van der Waals surface area contributed by atoms with Crippen molar-refractivity contribution < 1.29 is 0 Å². The Kier molecular flexibility index (Phi) is 4.53. The number of fused-ring (bicyclic) bond motifs is 2. The average Bonchev–Trinajstić information content (AvgIpc) is 3.16. The molecule has 1 heterocycles. The summed E-state index contributed by atoms with van der Waals surface area (Å²) in [6, 6.07) is 11.5. The summed E-state index contributed by atoms with van der Waals surface area (Å²) in [5.41, 5.74) is 5.75. The molecular weight excluding hydrogens is 352 g/mol. The Morgan fingerprint density at radius 3 is 2.48 bits per heavy atom. The molecule has 2 aliphatic carbocycles. The summed E-state index contributed by atoms with van der Waals surface area (Å²) in [5, 5.41) is 5.73. The molecule has 0 saturated carbocycles. The lowest BCUT2D eigenvalue weighted by atomic mass is 9.93. The van der Waals surface area contributed by atoms with E-state index in [0.717, 1.165) is 32.6 Å². The van der Waals surface area contributed by atoms with Crippen LogP contribution < -0.4 is 25.8 Å². The normalized spacial score (nSPS) is 23.1. The molecule has 2 aromatic carbocycles. The summed E-state index contributed by atoms with van der Waals surface area (Å²) in [4.78, 5) is 5.26. The number of rotatable bonds is 2. The molecule has 0 amide bonds. The molecule has 0 spiro atoms. The predicted octanol–water partition coefficient (Wildman–Crippen LogP) is 2.61. The first kappa shape index (κ1) is 18.5. The van der Waals surface area contributed by atoms with E-state index in [4.69, 9.17) is 0 Å². The maximum atomic E-state index is 2.64. The van der Waals surface area contributed by atoms with Crippen LogP contribution in [0.4, 0.5) is 5.69 Å². The van der Waals surface area contributed by atoms with Gasteiger partial charge in [0.15, 0.2) is 0 Å². The van der Waals surface area contributed by atoms with Gasteiger partial charge in [-0.15, -0.1) is 0 Å². The fourth-order valence-corrected chi connectivity index (χ4v) is 5.37. The van der Waals surface area contributed by atoms with Crippen LogP contribution in [-0.4, -0.2) is 24.7 Å². The van der Waals surface area contributed by atoms with Crippen molar-refractivity contribution in [1.82, 2.24) is 4.90 Å². The summed E-state index contributed by atoms with van der Waals surface area (Å²) >= 11 is 0. The quantitative estimate of drug-likeness (QED) is 0.785. The first-order valence-corrected chi connectivity index (χ1v) is 11.1. The molecule has 0 N–H and O–H groups in total. The zero-order valence-electron chi connectivity index (χ0n) is 18.2. The molecule has 2 nitrogen and oxygen atoms in total. The number of nitrogens with zero attached hydrogens (tertiary/aromatic N) is 2. The van der Waals surface area contributed by atoms with Crippen molar-refractivity contribution in [2.45, 2.75) is 40.5 Å². The molecule has 1 fully saturated rings. The van der Waals surface area contributed by atoms with Crippen LogP contribution in [0, 0.1) is 25.7 Å². The first-order chi connectivity index (χ1) is 14.0. The lowest BCUT2D eigenvalue weighted by Crippen LogP contribution is -2.41. The van der Waals surface area contributed by atoms with E-state index in [9.17, 15) is 0 Å². The number of anilines is 1. The van der Waals surface area contributed by atoms with Gasteiger partial charge in [0.1, 0.15) is 0 Å². The third-order valence-electron chi connectivity index (χ3n) is 6.89. The maximum absolute atomic E-state index is 2.64. The number of benzene rings is 2. The monoisotopic (exact) mass is 384 g/mol. The summed E-state index contributed by atoms with van der Waals surface area (Å²) in [7, 11) is 0. The smallest absolute Gasteiger partial charge is 0.0902 e. The molecule has 0 bridgehead atoms. The van der Waals surface area contributed by atoms with Gasteiger partial charge in [0.25, 0.3) is 0 Å². The Morgan fingerprint density at radius 1 is 0.862 bits per heavy atom. The van der Waals surface area contributed by atoms with Crippen LogP contribution in [0.5, 0.6) is 0 Å². The fraction of sp³-hybridized carbons (Fsp3) is 0.407. The molecule has 1 aliphatic heterocycles. The van der Waals surface area contributed by atoms with Crippen LogP contribution >= 0.6 is 0 Å². The molecule has 3 aliphatic rings. The van der Waals surface area contributed by atoms with Gasteiger partial charge in [0, 0.05) is 40.8 Å². The first-order valence-electron chi connectivity index (χ1n) is 11.1. The average molecular weight is 385 g/mol. The van der Waals surface area contributed by atoms with Gasteiger partial charge in [-0.1, -0.05) is 61.9 Å². The minimum atomic E-state index is 0.579. The Bertz CT molecular complexity index is 1200. The van der Waals surface area contributed by atoms with Gasteiger partial charge < -0.3 is 9.80 Å². The minimum absolute atomic E-state index is 0.579. The van der Waals surface area contributed by atoms with Crippen molar-refractivity contribution in [2.75, 3.05) is 24.7 Å². The Balaban J connectivity index is 1.58. The van der Waals surface area contributed by atoms with Crippen molar-refractivity contribution in [3.05, 3.63) is 62.3 Å². The highest BCUT2D eigenvalue weighted by molar-refractivity contribution is 5.62. The van der Waals surface area contributed by atoms with Crippen LogP contribution in [0.2, 0.25) is 0 Å². The zero-order chi connectivity index (χ0) is 20.1. The van der Waals surface area contributed by atoms with Gasteiger partial charge in [-0.3, -0.25) is 0 Å². The van der Waals surface area contributed by atoms with E-state index in [0.29, 0.717) is 11.8 Å². The lowest BCUT2D eigenvalue weighted by molar-refractivity contribution is 0.444. The molecule has 29 heavy (non-hydrogen) atoms. The molecule has 2 aromatic rings. The SMILES string of the molecule is Cc1ccc2c(c1)=C(N1CCN(c3c(C)ccc4c3=C[C@@H](C)CC=4)C1)[C@H](C)CC=2. The standard InChI is InChI=1S/C27H32N2/c1-18-5-9-22-11-7-20(3)26(24(22)15-18)28-13-14-29(17-28)27-21(4)8-12-23-10-6-19(2)16-25(23)27/h5,8-12,15-16,19-20H,6-7,13-14,17H2,1-4H3/t19-,20+/m0/s1. The van der Waals surface area contributed by atoms with E-state index < -0.39 is 0 Å². The van der Waals surface area contributed by atoms with Gasteiger partial charge in [0.2, 0.25) is 0 Å². The van der Waals surface area contributed by atoms with E-state index in [1.165, 1.54) is 37.7 Å². The molecule has 5 rings (SSSR count). The number of aryl methyl sites for hydroxylation is 2. The summed E-state index contributed by atoms with van der Waals surface area (Å²) in [6.07, 6.45) is 9.63. The molecular formula is C27H32N2. The third kappa shape index (κ3) is 3.19. The fourth-order valence-electron chi connectivity index (χ4n) is 5.37. The van der Waals surface area contributed by atoms with Crippen molar-refractivity contribution in [3.8, 4) is 0 Å². The van der Waals surface area contributed by atoms with Gasteiger partial charge in [0.05, 0.1) is 6.67 Å². The highest BCUT2D eigenvalue weighted by Crippen LogP contribution is 2.27. The maximum Gasteiger partial charge on any atom is 0.0902 e. The van der Waals surface area contributed by atoms with Gasteiger partial charge >= 0.3 is 0 Å². The van der Waals surface area contributed by atoms with Crippen LogP contribution in [0.15, 0.2) is 30.3 Å². The van der Waals surface area contributed by atoms with Crippen LogP contribution in [0.3, 0.4) is 0 Å². The van der Waals surface area contributed by atoms with Gasteiger partial charge in [-0.25, -0.2) is 0 Å². The minimum Gasteiger partial charge on any atom is -0.355 e. The largest absolute Gasteiger partial charge is 0.355 e. The van der Waals surface area contributed by atoms with Crippen LogP contribution in [-0.2, 0) is 0 Å². The van der Waals surface area contributed by atoms with E-state index in [1.54, 1.807) is 5.70 Å². The van der Waals surface area contributed by atoms with Crippen LogP contribution in [0.25, 0.3) is 23.9 Å². The Hall–Kier alpha value is -2.48. The number of hydrogen-bond acceptors (Lipinski definition) is 2. The van der Waals surface area contributed by atoms with Crippen molar-refractivity contribution in [2.24, 2.45) is 11.8 Å².